The van der Waals surface area contributed by atoms with E-state index in [0.717, 1.165) is 23.9 Å². The molecule has 1 aliphatic heterocycles. The second-order valence-corrected chi connectivity index (χ2v) is 7.04. The van der Waals surface area contributed by atoms with E-state index < -0.39 is 5.91 Å². The van der Waals surface area contributed by atoms with Gasteiger partial charge in [0.1, 0.15) is 0 Å². The number of aromatic nitrogens is 1. The number of hydrogen-bond donors (Lipinski definition) is 1. The van der Waals surface area contributed by atoms with Crippen LogP contribution >= 0.6 is 11.3 Å². The van der Waals surface area contributed by atoms with Crippen molar-refractivity contribution in [2.24, 2.45) is 5.73 Å². The summed E-state index contributed by atoms with van der Waals surface area (Å²) in [5.41, 5.74) is 7.20. The van der Waals surface area contributed by atoms with E-state index in [1.165, 1.54) is 4.88 Å². The van der Waals surface area contributed by atoms with Crippen molar-refractivity contribution in [3.63, 3.8) is 0 Å². The molecule has 0 spiro atoms. The van der Waals surface area contributed by atoms with Crippen LogP contribution in [-0.4, -0.2) is 47.9 Å². The molecule has 2 heterocycles. The molecule has 1 aliphatic rings. The molecule has 7 heteroatoms. The average Bonchev–Trinajstić information content (AvgIpc) is 2.93. The Balaban J connectivity index is 1.67. The van der Waals surface area contributed by atoms with Crippen molar-refractivity contribution in [3.05, 3.63) is 46.0 Å². The van der Waals surface area contributed by atoms with E-state index in [-0.39, 0.29) is 5.91 Å². The minimum Gasteiger partial charge on any atom is -0.366 e. The second kappa shape index (κ2) is 6.60. The number of amides is 2. The normalized spacial score (nSPS) is 14.8. The highest BCUT2D eigenvalue weighted by atomic mass is 32.1. The van der Waals surface area contributed by atoms with E-state index in [0.29, 0.717) is 24.2 Å². The van der Waals surface area contributed by atoms with E-state index >= 15 is 0 Å². The van der Waals surface area contributed by atoms with Gasteiger partial charge in [0.05, 0.1) is 5.69 Å². The third kappa shape index (κ3) is 3.26. The highest BCUT2D eigenvalue weighted by Gasteiger charge is 2.24. The third-order valence-electron chi connectivity index (χ3n) is 4.25. The number of carbonyl (C=O) groups is 2. The van der Waals surface area contributed by atoms with Gasteiger partial charge in [0, 0.05) is 42.2 Å². The lowest BCUT2D eigenvalue weighted by Crippen LogP contribution is -2.48. The fourth-order valence-corrected chi connectivity index (χ4v) is 3.64. The zero-order chi connectivity index (χ0) is 17.3. The summed E-state index contributed by atoms with van der Waals surface area (Å²) in [6, 6.07) is 6.58. The number of nitrogens with zero attached hydrogens (tertiary/aromatic N) is 3. The third-order valence-corrected chi connectivity index (χ3v) is 5.38. The molecular weight excluding hydrogens is 324 g/mol. The summed E-state index contributed by atoms with van der Waals surface area (Å²) in [7, 11) is 0. The molecular formula is C17H20N4O2S. The Morgan fingerprint density at radius 3 is 2.38 bits per heavy atom. The van der Waals surface area contributed by atoms with E-state index in [2.05, 4.69) is 16.8 Å². The van der Waals surface area contributed by atoms with Crippen molar-refractivity contribution < 1.29 is 9.59 Å². The molecule has 6 nitrogen and oxygen atoms in total. The predicted octanol–water partition coefficient (Wildman–Crippen LogP) is 1.82. The number of aryl methyl sites for hydroxylation is 2. The average molecular weight is 344 g/mol. The first kappa shape index (κ1) is 16.4. The van der Waals surface area contributed by atoms with Gasteiger partial charge in [-0.15, -0.1) is 11.3 Å². The highest BCUT2D eigenvalue weighted by Crippen LogP contribution is 2.26. The van der Waals surface area contributed by atoms with E-state index in [4.69, 9.17) is 5.73 Å². The van der Waals surface area contributed by atoms with Gasteiger partial charge < -0.3 is 15.5 Å². The summed E-state index contributed by atoms with van der Waals surface area (Å²) in [6.45, 7) is 6.87. The summed E-state index contributed by atoms with van der Waals surface area (Å²) >= 11 is 1.69. The standard InChI is InChI=1S/C17H20N4O2S/c1-11-12(2)24-17(19-11)21-8-6-20(7-9-21)16(23)14-5-3-4-13(10-14)15(18)22/h3-5,10H,6-9H2,1-2H3,(H2,18,22). The van der Waals surface area contributed by atoms with Crippen LogP contribution in [0.25, 0.3) is 0 Å². The van der Waals surface area contributed by atoms with Crippen LogP contribution in [0.2, 0.25) is 0 Å². The summed E-state index contributed by atoms with van der Waals surface area (Å²) in [5.74, 6) is -0.590. The smallest absolute Gasteiger partial charge is 0.253 e. The summed E-state index contributed by atoms with van der Waals surface area (Å²) < 4.78 is 0. The Labute approximate surface area is 144 Å². The predicted molar refractivity (Wildman–Crippen MR) is 94.7 cm³/mol. The van der Waals surface area contributed by atoms with Gasteiger partial charge in [-0.3, -0.25) is 9.59 Å². The lowest BCUT2D eigenvalue weighted by Gasteiger charge is -2.34. The number of rotatable bonds is 3. The number of carbonyl (C=O) groups excluding carboxylic acids is 2. The minimum absolute atomic E-state index is 0.0655. The molecule has 0 atom stereocenters. The van der Waals surface area contributed by atoms with Crippen LogP contribution < -0.4 is 10.6 Å². The van der Waals surface area contributed by atoms with E-state index in [1.54, 1.807) is 35.6 Å². The van der Waals surface area contributed by atoms with Gasteiger partial charge in [-0.2, -0.15) is 0 Å². The SMILES string of the molecule is Cc1nc(N2CCN(C(=O)c3cccc(C(N)=O)c3)CC2)sc1C. The zero-order valence-electron chi connectivity index (χ0n) is 13.8. The van der Waals surface area contributed by atoms with Gasteiger partial charge in [0.25, 0.3) is 5.91 Å². The largest absolute Gasteiger partial charge is 0.366 e. The Morgan fingerprint density at radius 1 is 1.12 bits per heavy atom. The topological polar surface area (TPSA) is 79.5 Å². The van der Waals surface area contributed by atoms with Crippen molar-refractivity contribution in [2.75, 3.05) is 31.1 Å². The van der Waals surface area contributed by atoms with Crippen molar-refractivity contribution in [1.82, 2.24) is 9.88 Å². The first-order valence-electron chi connectivity index (χ1n) is 7.84. The number of piperazine rings is 1. The molecule has 2 N–H and O–H groups in total. The van der Waals surface area contributed by atoms with Crippen LogP contribution in [0, 0.1) is 13.8 Å². The number of nitrogens with two attached hydrogens (primary N) is 1. The van der Waals surface area contributed by atoms with Crippen LogP contribution in [0.3, 0.4) is 0 Å². The molecule has 0 aliphatic carbocycles. The number of hydrogen-bond acceptors (Lipinski definition) is 5. The Kier molecular flexibility index (Phi) is 4.53. The lowest BCUT2D eigenvalue weighted by molar-refractivity contribution is 0.0746. The highest BCUT2D eigenvalue weighted by molar-refractivity contribution is 7.15. The maximum atomic E-state index is 12.6. The van der Waals surface area contributed by atoms with Crippen LogP contribution in [-0.2, 0) is 0 Å². The molecule has 1 aromatic carbocycles. The Morgan fingerprint density at radius 2 is 1.79 bits per heavy atom. The molecule has 3 rings (SSSR count). The molecule has 0 saturated carbocycles. The first-order chi connectivity index (χ1) is 11.5. The molecule has 0 unspecified atom stereocenters. The Bertz CT molecular complexity index is 759. The van der Waals surface area contributed by atoms with Crippen LogP contribution in [0.4, 0.5) is 5.13 Å². The quantitative estimate of drug-likeness (QED) is 0.921. The van der Waals surface area contributed by atoms with Gasteiger partial charge in [0.2, 0.25) is 5.91 Å². The molecule has 1 fully saturated rings. The van der Waals surface area contributed by atoms with Crippen LogP contribution in [0.15, 0.2) is 24.3 Å². The second-order valence-electron chi connectivity index (χ2n) is 5.86. The van der Waals surface area contributed by atoms with E-state index in [9.17, 15) is 9.59 Å². The Hall–Kier alpha value is -2.41. The number of anilines is 1. The minimum atomic E-state index is -0.524. The molecule has 0 radical (unpaired) electrons. The van der Waals surface area contributed by atoms with Crippen molar-refractivity contribution >= 4 is 28.3 Å². The number of primary amides is 1. The molecule has 126 valence electrons. The molecule has 0 bridgehead atoms. The number of thiazole rings is 1. The molecule has 1 aromatic heterocycles. The van der Waals surface area contributed by atoms with Crippen molar-refractivity contribution in [3.8, 4) is 0 Å². The fourth-order valence-electron chi connectivity index (χ4n) is 2.68. The van der Waals surface area contributed by atoms with Gasteiger partial charge in [-0.1, -0.05) is 6.07 Å². The molecule has 1 saturated heterocycles. The van der Waals surface area contributed by atoms with Gasteiger partial charge in [-0.05, 0) is 32.0 Å². The lowest BCUT2D eigenvalue weighted by atomic mass is 10.1. The number of benzene rings is 1. The summed E-state index contributed by atoms with van der Waals surface area (Å²) in [5, 5.41) is 1.02. The van der Waals surface area contributed by atoms with Crippen LogP contribution in [0.1, 0.15) is 31.3 Å². The van der Waals surface area contributed by atoms with Gasteiger partial charge in [0.15, 0.2) is 5.13 Å². The summed E-state index contributed by atoms with van der Waals surface area (Å²) in [6.07, 6.45) is 0. The maximum absolute atomic E-state index is 12.6. The molecule has 24 heavy (non-hydrogen) atoms. The van der Waals surface area contributed by atoms with Gasteiger partial charge in [-0.25, -0.2) is 4.98 Å². The fraction of sp³-hybridized carbons (Fsp3) is 0.353. The van der Waals surface area contributed by atoms with Gasteiger partial charge >= 0.3 is 0 Å². The van der Waals surface area contributed by atoms with Crippen molar-refractivity contribution in [1.29, 1.82) is 0 Å². The zero-order valence-corrected chi connectivity index (χ0v) is 14.6. The van der Waals surface area contributed by atoms with E-state index in [1.807, 2.05) is 11.8 Å². The maximum Gasteiger partial charge on any atom is 0.253 e. The molecule has 2 aromatic rings. The van der Waals surface area contributed by atoms with Crippen LogP contribution in [0.5, 0.6) is 0 Å². The first-order valence-corrected chi connectivity index (χ1v) is 8.65. The monoisotopic (exact) mass is 344 g/mol. The van der Waals surface area contributed by atoms with Crippen molar-refractivity contribution in [2.45, 2.75) is 13.8 Å². The molecule has 2 amide bonds. The summed E-state index contributed by atoms with van der Waals surface area (Å²) in [4.78, 5) is 33.7.